The van der Waals surface area contributed by atoms with Gasteiger partial charge < -0.3 is 5.32 Å². The zero-order valence-corrected chi connectivity index (χ0v) is 14.8. The summed E-state index contributed by atoms with van der Waals surface area (Å²) in [4.78, 5) is 2.68. The number of nitrogens with zero attached hydrogens (tertiary/aromatic N) is 1. The lowest BCUT2D eigenvalue weighted by molar-refractivity contribution is -0.190. The molecule has 3 heteroatoms. The van der Waals surface area contributed by atoms with Crippen molar-refractivity contribution in [1.29, 1.82) is 0 Å². The molecule has 4 aliphatic rings. The highest BCUT2D eigenvalue weighted by Crippen LogP contribution is 2.65. The highest BCUT2D eigenvalue weighted by molar-refractivity contribution is 5.43. The quantitative estimate of drug-likeness (QED) is 0.850. The van der Waals surface area contributed by atoms with Gasteiger partial charge >= 0.3 is 0 Å². The van der Waals surface area contributed by atoms with Gasteiger partial charge in [0.2, 0.25) is 0 Å². The number of benzene rings is 2. The number of nitrogens with one attached hydrogen (secondary N) is 1. The van der Waals surface area contributed by atoms with E-state index in [0.29, 0.717) is 6.54 Å². The molecule has 2 aromatic carbocycles. The third-order valence-electron chi connectivity index (χ3n) is 6.65. The van der Waals surface area contributed by atoms with Crippen LogP contribution in [0.15, 0.2) is 48.5 Å². The van der Waals surface area contributed by atoms with Gasteiger partial charge in [-0.05, 0) is 54.5 Å². The summed E-state index contributed by atoms with van der Waals surface area (Å²) in [5, 5.41) is 3.54. The molecule has 6 rings (SSSR count). The molecule has 0 spiro atoms. The van der Waals surface area contributed by atoms with Crippen molar-refractivity contribution < 1.29 is 4.39 Å². The second kappa shape index (κ2) is 5.67. The highest BCUT2D eigenvalue weighted by atomic mass is 19.1. The maximum atomic E-state index is 13.5. The van der Waals surface area contributed by atoms with Gasteiger partial charge in [0.25, 0.3) is 0 Å². The molecular formula is C23H23FN2. The van der Waals surface area contributed by atoms with Crippen molar-refractivity contribution in [3.8, 4) is 12.3 Å². The highest BCUT2D eigenvalue weighted by Gasteiger charge is 2.70. The third kappa shape index (κ3) is 2.26. The number of hydrogen-bond acceptors (Lipinski definition) is 2. The first kappa shape index (κ1) is 16.1. The molecule has 1 atom stereocenters. The molecule has 2 nitrogen and oxygen atoms in total. The molecule has 3 saturated carbocycles. The Labute approximate surface area is 154 Å². The van der Waals surface area contributed by atoms with Gasteiger partial charge in [0, 0.05) is 17.6 Å². The maximum Gasteiger partial charge on any atom is 0.123 e. The van der Waals surface area contributed by atoms with Gasteiger partial charge in [0.15, 0.2) is 0 Å². The van der Waals surface area contributed by atoms with Gasteiger partial charge in [-0.1, -0.05) is 42.3 Å². The normalized spacial score (nSPS) is 32.1. The van der Waals surface area contributed by atoms with E-state index in [1.807, 2.05) is 12.1 Å². The molecule has 0 unspecified atom stereocenters. The minimum Gasteiger partial charge on any atom is -0.300 e. The van der Waals surface area contributed by atoms with Crippen LogP contribution >= 0.6 is 0 Å². The zero-order valence-electron chi connectivity index (χ0n) is 14.8. The topological polar surface area (TPSA) is 15.3 Å². The van der Waals surface area contributed by atoms with Crippen molar-refractivity contribution in [2.45, 2.75) is 42.8 Å². The van der Waals surface area contributed by atoms with Crippen molar-refractivity contribution in [2.24, 2.45) is 0 Å². The summed E-state index contributed by atoms with van der Waals surface area (Å²) in [5.41, 5.74) is 4.52. The van der Waals surface area contributed by atoms with E-state index >= 15 is 0 Å². The average molecular weight is 346 g/mol. The molecule has 2 aromatic rings. The summed E-state index contributed by atoms with van der Waals surface area (Å²) in [6.45, 7) is 1.71. The molecule has 2 bridgehead atoms. The summed E-state index contributed by atoms with van der Waals surface area (Å²) >= 11 is 0. The van der Waals surface area contributed by atoms with Gasteiger partial charge in [-0.3, -0.25) is 4.90 Å². The fourth-order valence-corrected chi connectivity index (χ4v) is 5.55. The van der Waals surface area contributed by atoms with Gasteiger partial charge in [0.05, 0.1) is 12.6 Å². The molecule has 3 fully saturated rings. The van der Waals surface area contributed by atoms with E-state index in [2.05, 4.69) is 40.4 Å². The Kier molecular flexibility index (Phi) is 3.50. The van der Waals surface area contributed by atoms with Crippen molar-refractivity contribution in [2.75, 3.05) is 13.1 Å². The summed E-state index contributed by atoms with van der Waals surface area (Å²) in [6.07, 6.45) is 10.0. The summed E-state index contributed by atoms with van der Waals surface area (Å²) in [5.74, 6) is 2.53. The summed E-state index contributed by atoms with van der Waals surface area (Å²) in [6, 6.07) is 16.0. The fourth-order valence-electron chi connectivity index (χ4n) is 5.55. The zero-order chi connectivity index (χ0) is 17.8. The Hall–Kier alpha value is -2.15. The lowest BCUT2D eigenvalue weighted by atomic mass is 9.43. The van der Waals surface area contributed by atoms with Crippen LogP contribution in [-0.2, 0) is 6.42 Å². The van der Waals surface area contributed by atoms with E-state index < -0.39 is 0 Å². The van der Waals surface area contributed by atoms with E-state index in [1.165, 1.54) is 36.0 Å². The lowest BCUT2D eigenvalue weighted by Gasteiger charge is -2.75. The molecule has 3 aliphatic carbocycles. The molecule has 1 heterocycles. The van der Waals surface area contributed by atoms with Gasteiger partial charge in [-0.15, -0.1) is 6.42 Å². The summed E-state index contributed by atoms with van der Waals surface area (Å²) < 4.78 is 13.5. The van der Waals surface area contributed by atoms with Crippen molar-refractivity contribution in [1.82, 2.24) is 10.2 Å². The Morgan fingerprint density at radius 3 is 2.58 bits per heavy atom. The van der Waals surface area contributed by atoms with Crippen LogP contribution in [0.1, 0.15) is 42.0 Å². The number of halogens is 1. The van der Waals surface area contributed by atoms with E-state index in [9.17, 15) is 4.39 Å². The Morgan fingerprint density at radius 1 is 1.12 bits per heavy atom. The Bertz CT molecular complexity index is 860. The molecule has 0 aromatic heterocycles. The minimum absolute atomic E-state index is 0.174. The van der Waals surface area contributed by atoms with Crippen LogP contribution in [0.2, 0.25) is 0 Å². The first-order valence-corrected chi connectivity index (χ1v) is 9.43. The van der Waals surface area contributed by atoms with E-state index in [1.54, 1.807) is 12.1 Å². The first-order valence-electron chi connectivity index (χ1n) is 9.43. The van der Waals surface area contributed by atoms with Crippen LogP contribution in [0.5, 0.6) is 0 Å². The molecule has 1 N–H and O–H groups in total. The average Bonchev–Trinajstić information content (AvgIpc) is 2.60. The van der Waals surface area contributed by atoms with Crippen LogP contribution in [0.4, 0.5) is 4.39 Å². The molecule has 0 amide bonds. The number of rotatable bonds is 4. The van der Waals surface area contributed by atoms with Gasteiger partial charge in [0.1, 0.15) is 5.82 Å². The van der Waals surface area contributed by atoms with Crippen molar-refractivity contribution >= 4 is 0 Å². The SMILES string of the molecule is C#CCNC12CC(N3CCc4ccccc4[C@@H]3c3ccc(F)cc3)(C1)C2. The predicted octanol–water partition coefficient (Wildman–Crippen LogP) is 3.67. The van der Waals surface area contributed by atoms with Crippen molar-refractivity contribution in [3.63, 3.8) is 0 Å². The minimum atomic E-state index is -0.174. The second-order valence-electron chi connectivity index (χ2n) is 8.19. The maximum absolute atomic E-state index is 13.5. The van der Waals surface area contributed by atoms with Crippen LogP contribution in [0.25, 0.3) is 0 Å². The van der Waals surface area contributed by atoms with E-state index in [-0.39, 0.29) is 22.9 Å². The third-order valence-corrected chi connectivity index (χ3v) is 6.65. The molecule has 0 saturated heterocycles. The first-order chi connectivity index (χ1) is 12.6. The Morgan fingerprint density at radius 2 is 1.85 bits per heavy atom. The standard InChI is InChI=1S/C23H23FN2/c1-2-12-25-22-14-23(15-22,16-22)26-13-11-17-5-3-4-6-20(17)21(26)18-7-9-19(24)10-8-18/h1,3-10,21,25H,11-16H2/t21-,22?,23?/m0/s1. The van der Waals surface area contributed by atoms with E-state index in [4.69, 9.17) is 6.42 Å². The van der Waals surface area contributed by atoms with Crippen molar-refractivity contribution in [3.05, 3.63) is 71.0 Å². The number of fused-ring (bicyclic) bond motifs is 1. The molecule has 26 heavy (non-hydrogen) atoms. The largest absolute Gasteiger partial charge is 0.300 e. The number of hydrogen-bond donors (Lipinski definition) is 1. The van der Waals surface area contributed by atoms with Crippen LogP contribution in [0.3, 0.4) is 0 Å². The molecular weight excluding hydrogens is 323 g/mol. The predicted molar refractivity (Wildman–Crippen MR) is 101 cm³/mol. The lowest BCUT2D eigenvalue weighted by Crippen LogP contribution is -2.83. The van der Waals surface area contributed by atoms with Crippen LogP contribution in [-0.4, -0.2) is 29.1 Å². The van der Waals surface area contributed by atoms with Crippen LogP contribution < -0.4 is 5.32 Å². The second-order valence-corrected chi connectivity index (χ2v) is 8.19. The fraction of sp³-hybridized carbons (Fsp3) is 0.391. The smallest absolute Gasteiger partial charge is 0.123 e. The van der Waals surface area contributed by atoms with Gasteiger partial charge in [-0.25, -0.2) is 4.39 Å². The van der Waals surface area contributed by atoms with Crippen LogP contribution in [0, 0.1) is 18.2 Å². The van der Waals surface area contributed by atoms with Gasteiger partial charge in [-0.2, -0.15) is 0 Å². The summed E-state index contributed by atoms with van der Waals surface area (Å²) in [7, 11) is 0. The Balaban J connectivity index is 1.48. The monoisotopic (exact) mass is 346 g/mol. The number of terminal acetylenes is 1. The van der Waals surface area contributed by atoms with E-state index in [0.717, 1.165) is 13.0 Å². The molecule has 0 radical (unpaired) electrons. The molecule has 132 valence electrons. The molecule has 1 aliphatic heterocycles.